The van der Waals surface area contributed by atoms with Crippen molar-refractivity contribution in [2.75, 3.05) is 39.5 Å². The molecule has 5 nitrogen and oxygen atoms in total. The minimum absolute atomic E-state index is 0.00507. The second-order valence-corrected chi connectivity index (χ2v) is 6.55. The fraction of sp³-hybridized carbons (Fsp3) is 0.800. The van der Waals surface area contributed by atoms with Gasteiger partial charge in [0.05, 0.1) is 25.2 Å². The summed E-state index contributed by atoms with van der Waals surface area (Å²) in [6.45, 7) is 4.91. The predicted octanol–water partition coefficient (Wildman–Crippen LogP) is 0.683. The first-order valence-electron chi connectivity index (χ1n) is 7.58. The average molecular weight is 279 g/mol. The van der Waals surface area contributed by atoms with Gasteiger partial charge < -0.3 is 19.3 Å². The van der Waals surface area contributed by atoms with Crippen molar-refractivity contribution in [3.05, 3.63) is 18.2 Å². The van der Waals surface area contributed by atoms with Crippen LogP contribution in [0, 0.1) is 11.3 Å². The second kappa shape index (κ2) is 5.84. The predicted molar refractivity (Wildman–Crippen MR) is 76.4 cm³/mol. The van der Waals surface area contributed by atoms with E-state index >= 15 is 0 Å². The van der Waals surface area contributed by atoms with Crippen molar-refractivity contribution in [2.45, 2.75) is 19.3 Å². The molecule has 1 atom stereocenters. The van der Waals surface area contributed by atoms with Gasteiger partial charge in [0.25, 0.3) is 0 Å². The molecule has 2 fully saturated rings. The van der Waals surface area contributed by atoms with Crippen LogP contribution in [0.1, 0.15) is 18.7 Å². The van der Waals surface area contributed by atoms with Crippen molar-refractivity contribution in [3.63, 3.8) is 0 Å². The molecule has 2 saturated heterocycles. The first kappa shape index (κ1) is 14.0. The Morgan fingerprint density at radius 1 is 1.50 bits per heavy atom. The lowest BCUT2D eigenvalue weighted by Gasteiger charge is -2.45. The highest BCUT2D eigenvalue weighted by atomic mass is 16.5. The van der Waals surface area contributed by atoms with E-state index in [2.05, 4.69) is 21.5 Å². The van der Waals surface area contributed by atoms with Gasteiger partial charge in [-0.05, 0) is 25.3 Å². The number of imidazole rings is 1. The molecule has 0 amide bonds. The number of rotatable bonds is 5. The molecule has 112 valence electrons. The fourth-order valence-corrected chi connectivity index (χ4v) is 3.41. The fourth-order valence-electron chi connectivity index (χ4n) is 3.41. The van der Waals surface area contributed by atoms with Gasteiger partial charge in [-0.25, -0.2) is 4.98 Å². The highest BCUT2D eigenvalue weighted by Gasteiger charge is 2.40. The van der Waals surface area contributed by atoms with Crippen molar-refractivity contribution in [3.8, 4) is 0 Å². The van der Waals surface area contributed by atoms with Gasteiger partial charge in [0, 0.05) is 39.0 Å². The number of hydrogen-bond donors (Lipinski definition) is 1. The molecule has 3 heterocycles. The Balaban J connectivity index is 1.55. The van der Waals surface area contributed by atoms with Crippen molar-refractivity contribution >= 4 is 0 Å². The Hall–Kier alpha value is -0.910. The van der Waals surface area contributed by atoms with Crippen LogP contribution in [0.2, 0.25) is 0 Å². The number of piperidine rings is 1. The van der Waals surface area contributed by atoms with Gasteiger partial charge in [-0.15, -0.1) is 0 Å². The molecule has 1 N–H and O–H groups in total. The average Bonchev–Trinajstić information content (AvgIpc) is 2.80. The molecule has 0 saturated carbocycles. The van der Waals surface area contributed by atoms with Crippen LogP contribution in [-0.2, 0) is 18.2 Å². The molecule has 2 aliphatic rings. The quantitative estimate of drug-likeness (QED) is 0.861. The van der Waals surface area contributed by atoms with E-state index in [4.69, 9.17) is 4.74 Å². The van der Waals surface area contributed by atoms with Gasteiger partial charge in [-0.3, -0.25) is 0 Å². The second-order valence-electron chi connectivity index (χ2n) is 6.55. The Morgan fingerprint density at radius 3 is 2.95 bits per heavy atom. The van der Waals surface area contributed by atoms with Gasteiger partial charge >= 0.3 is 0 Å². The minimum Gasteiger partial charge on any atom is -0.396 e. The number of hydrogen-bond acceptors (Lipinski definition) is 4. The number of ether oxygens (including phenoxy) is 1. The summed E-state index contributed by atoms with van der Waals surface area (Å²) in [5, 5.41) is 9.56. The number of nitrogens with zero attached hydrogens (tertiary/aromatic N) is 3. The van der Waals surface area contributed by atoms with Crippen LogP contribution in [0.15, 0.2) is 12.4 Å². The molecule has 0 bridgehead atoms. The van der Waals surface area contributed by atoms with Gasteiger partial charge in [0.15, 0.2) is 0 Å². The lowest BCUT2D eigenvalue weighted by atomic mass is 9.84. The van der Waals surface area contributed by atoms with E-state index in [1.54, 1.807) is 0 Å². The summed E-state index contributed by atoms with van der Waals surface area (Å²) in [5.74, 6) is 1.86. The zero-order valence-electron chi connectivity index (χ0n) is 12.3. The number of aromatic nitrogens is 2. The summed E-state index contributed by atoms with van der Waals surface area (Å²) in [6, 6.07) is 0. The summed E-state index contributed by atoms with van der Waals surface area (Å²) in [7, 11) is 2.06. The number of aliphatic hydroxyl groups is 1. The van der Waals surface area contributed by atoms with Gasteiger partial charge in [-0.2, -0.15) is 0 Å². The molecule has 1 aromatic rings. The lowest BCUT2D eigenvalue weighted by molar-refractivity contribution is -0.150. The molecule has 1 unspecified atom stereocenters. The molecular weight excluding hydrogens is 254 g/mol. The smallest absolute Gasteiger partial charge is 0.108 e. The van der Waals surface area contributed by atoms with Crippen LogP contribution in [0.4, 0.5) is 0 Å². The molecule has 0 aromatic carbocycles. The van der Waals surface area contributed by atoms with Crippen molar-refractivity contribution in [2.24, 2.45) is 18.4 Å². The molecule has 0 radical (unpaired) electrons. The SMILES string of the molecule is Cn1ccnc1CC1CCCN(CC2(CO)COC2)C1. The van der Waals surface area contributed by atoms with Crippen LogP contribution in [-0.4, -0.2) is 59.0 Å². The highest BCUT2D eigenvalue weighted by Crippen LogP contribution is 2.30. The zero-order valence-corrected chi connectivity index (χ0v) is 12.3. The van der Waals surface area contributed by atoms with Crippen molar-refractivity contribution in [1.82, 2.24) is 14.5 Å². The maximum Gasteiger partial charge on any atom is 0.108 e. The first-order valence-corrected chi connectivity index (χ1v) is 7.58. The van der Waals surface area contributed by atoms with Gasteiger partial charge in [0.2, 0.25) is 0 Å². The van der Waals surface area contributed by atoms with Gasteiger partial charge in [-0.1, -0.05) is 0 Å². The maximum atomic E-state index is 9.56. The van der Waals surface area contributed by atoms with Crippen LogP contribution in [0.25, 0.3) is 0 Å². The van der Waals surface area contributed by atoms with Crippen molar-refractivity contribution < 1.29 is 9.84 Å². The zero-order chi connectivity index (χ0) is 14.0. The maximum absolute atomic E-state index is 9.56. The highest BCUT2D eigenvalue weighted by molar-refractivity contribution is 4.95. The van der Waals surface area contributed by atoms with Crippen LogP contribution < -0.4 is 0 Å². The van der Waals surface area contributed by atoms with E-state index in [1.165, 1.54) is 18.7 Å². The van der Waals surface area contributed by atoms with E-state index in [9.17, 15) is 5.11 Å². The van der Waals surface area contributed by atoms with Crippen molar-refractivity contribution in [1.29, 1.82) is 0 Å². The molecule has 5 heteroatoms. The Kier molecular flexibility index (Phi) is 4.10. The molecule has 0 aliphatic carbocycles. The Bertz CT molecular complexity index is 437. The summed E-state index contributed by atoms with van der Waals surface area (Å²) >= 11 is 0. The molecule has 20 heavy (non-hydrogen) atoms. The number of likely N-dealkylation sites (tertiary alicyclic amines) is 1. The molecule has 0 spiro atoms. The summed E-state index contributed by atoms with van der Waals surface area (Å²) in [6.07, 6.45) is 7.48. The number of aliphatic hydroxyl groups excluding tert-OH is 1. The third-order valence-electron chi connectivity index (χ3n) is 4.71. The summed E-state index contributed by atoms with van der Waals surface area (Å²) in [4.78, 5) is 6.95. The molecular formula is C15H25N3O2. The van der Waals surface area contributed by atoms with E-state index in [1.807, 2.05) is 12.4 Å². The van der Waals surface area contributed by atoms with E-state index in [0.717, 1.165) is 26.1 Å². The van der Waals surface area contributed by atoms with Gasteiger partial charge in [0.1, 0.15) is 5.82 Å². The molecule has 3 rings (SSSR count). The third-order valence-corrected chi connectivity index (χ3v) is 4.71. The summed E-state index contributed by atoms with van der Waals surface area (Å²) in [5.41, 5.74) is 0.00507. The topological polar surface area (TPSA) is 50.5 Å². The standard InChI is InChI=1S/C15H25N3O2/c1-17-6-4-16-14(17)7-13-3-2-5-18(8-13)9-15(10-19)11-20-12-15/h4,6,13,19H,2-3,5,7-12H2,1H3. The lowest BCUT2D eigenvalue weighted by Crippen LogP contribution is -2.54. The molecule has 1 aromatic heterocycles. The van der Waals surface area contributed by atoms with Crippen LogP contribution in [0.3, 0.4) is 0 Å². The van der Waals surface area contributed by atoms with E-state index in [0.29, 0.717) is 19.1 Å². The van der Waals surface area contributed by atoms with E-state index in [-0.39, 0.29) is 12.0 Å². The summed E-state index contributed by atoms with van der Waals surface area (Å²) < 4.78 is 7.42. The Labute approximate surface area is 120 Å². The van der Waals surface area contributed by atoms with Crippen LogP contribution in [0.5, 0.6) is 0 Å². The number of aryl methyl sites for hydroxylation is 1. The molecule has 2 aliphatic heterocycles. The third kappa shape index (κ3) is 2.90. The monoisotopic (exact) mass is 279 g/mol. The van der Waals surface area contributed by atoms with Crippen LogP contribution >= 0.6 is 0 Å². The minimum atomic E-state index is 0.00507. The first-order chi connectivity index (χ1) is 9.71. The largest absolute Gasteiger partial charge is 0.396 e. The van der Waals surface area contributed by atoms with E-state index < -0.39 is 0 Å². The Morgan fingerprint density at radius 2 is 2.35 bits per heavy atom. The normalized spacial score (nSPS) is 26.4.